The molecule has 1 heterocycles. The van der Waals surface area contributed by atoms with Crippen LogP contribution in [0.3, 0.4) is 0 Å². The summed E-state index contributed by atoms with van der Waals surface area (Å²) in [5, 5.41) is 4.15. The van der Waals surface area contributed by atoms with Crippen molar-refractivity contribution < 1.29 is 14.3 Å². The molecule has 0 spiro atoms. The van der Waals surface area contributed by atoms with Crippen LogP contribution in [0.1, 0.15) is 54.4 Å². The van der Waals surface area contributed by atoms with Crippen LogP contribution in [-0.4, -0.2) is 23.5 Å². The van der Waals surface area contributed by atoms with Crippen molar-refractivity contribution in [3.05, 3.63) is 106 Å². The Morgan fingerprint density at radius 3 is 2.49 bits per heavy atom. The number of esters is 1. The van der Waals surface area contributed by atoms with Gasteiger partial charge in [-0.3, -0.25) is 4.79 Å². The second kappa shape index (κ2) is 11.0. The number of carbonyl (C=O) groups excluding carboxylic acids is 2. The first-order valence-electron chi connectivity index (χ1n) is 13.1. The molecule has 0 unspecified atom stereocenters. The third-order valence-corrected chi connectivity index (χ3v) is 7.46. The van der Waals surface area contributed by atoms with Gasteiger partial charge in [0.15, 0.2) is 6.61 Å². The number of benzene rings is 3. The first-order valence-corrected chi connectivity index (χ1v) is 13.5. The van der Waals surface area contributed by atoms with Crippen molar-refractivity contribution in [2.75, 3.05) is 11.9 Å². The van der Waals surface area contributed by atoms with Crippen LogP contribution in [0.2, 0.25) is 5.02 Å². The number of allylic oxidation sites excluding steroid dienone is 1. The molecular formula is C33H31ClN2O3. The number of nitrogens with zero attached hydrogens (tertiary/aromatic N) is 1. The highest BCUT2D eigenvalue weighted by atomic mass is 35.5. The van der Waals surface area contributed by atoms with E-state index in [-0.39, 0.29) is 17.9 Å². The topological polar surface area (TPSA) is 68.3 Å². The molecule has 0 radical (unpaired) electrons. The number of hydrogen-bond donors (Lipinski definition) is 1. The van der Waals surface area contributed by atoms with Gasteiger partial charge in [-0.25, -0.2) is 9.78 Å². The van der Waals surface area contributed by atoms with Gasteiger partial charge < -0.3 is 10.1 Å². The zero-order chi connectivity index (χ0) is 27.6. The maximum absolute atomic E-state index is 13.7. The summed E-state index contributed by atoms with van der Waals surface area (Å²) in [6.45, 7) is 6.28. The minimum atomic E-state index is -0.523. The zero-order valence-electron chi connectivity index (χ0n) is 22.3. The molecule has 4 aromatic rings. The summed E-state index contributed by atoms with van der Waals surface area (Å²) < 4.78 is 5.61. The quantitative estimate of drug-likeness (QED) is 0.263. The Balaban J connectivity index is 1.56. The Kier molecular flexibility index (Phi) is 7.53. The van der Waals surface area contributed by atoms with Crippen molar-refractivity contribution in [1.82, 2.24) is 4.98 Å². The molecule has 0 fully saturated rings. The second-order valence-electron chi connectivity index (χ2n) is 11.0. The first kappa shape index (κ1) is 26.6. The highest BCUT2D eigenvalue weighted by molar-refractivity contribution is 6.30. The molecule has 5 nitrogen and oxygen atoms in total. The summed E-state index contributed by atoms with van der Waals surface area (Å²) in [5.41, 5.74) is 5.53. The van der Waals surface area contributed by atoms with Gasteiger partial charge in [0.2, 0.25) is 0 Å². The molecule has 0 saturated carbocycles. The van der Waals surface area contributed by atoms with Crippen LogP contribution in [0.25, 0.3) is 22.6 Å². The van der Waals surface area contributed by atoms with Crippen molar-refractivity contribution in [2.24, 2.45) is 11.3 Å². The van der Waals surface area contributed by atoms with Gasteiger partial charge in [-0.2, -0.15) is 0 Å². The standard InChI is InChI=1S/C33H31ClN2O3/c1-33(2,3)23-18-22(16-21-10-9-11-24(34)17-21)31-27(19-23)30(26-14-7-8-15-28(26)36-31)32(38)39-20-29(37)35-25-12-5-4-6-13-25/h4-17,23H,18-20H2,1-3H3,(H,35,37)/b22-16+/t23-/m0/s1. The van der Waals surface area contributed by atoms with Crippen LogP contribution in [0, 0.1) is 11.3 Å². The number of halogens is 1. The SMILES string of the molecule is CC(C)(C)[C@H]1C/C(=C\c2cccc(Cl)c2)c2nc3ccccc3c(C(=O)OCC(=O)Nc3ccccc3)c2C1. The highest BCUT2D eigenvalue weighted by Gasteiger charge is 2.35. The lowest BCUT2D eigenvalue weighted by atomic mass is 9.69. The number of ether oxygens (including phenoxy) is 1. The first-order chi connectivity index (χ1) is 18.7. The normalized spacial score (nSPS) is 16.1. The van der Waals surface area contributed by atoms with E-state index in [0.717, 1.165) is 34.2 Å². The van der Waals surface area contributed by atoms with Gasteiger partial charge in [0, 0.05) is 16.1 Å². The van der Waals surface area contributed by atoms with Crippen molar-refractivity contribution in [3.8, 4) is 0 Å². The van der Waals surface area contributed by atoms with E-state index in [2.05, 4.69) is 32.2 Å². The molecule has 6 heteroatoms. The number of fused-ring (bicyclic) bond motifs is 2. The van der Waals surface area contributed by atoms with Crippen molar-refractivity contribution in [1.29, 1.82) is 0 Å². The fourth-order valence-electron chi connectivity index (χ4n) is 5.09. The van der Waals surface area contributed by atoms with E-state index in [9.17, 15) is 9.59 Å². The number of carbonyl (C=O) groups is 2. The molecule has 3 aromatic carbocycles. The van der Waals surface area contributed by atoms with Crippen molar-refractivity contribution >= 4 is 51.7 Å². The number of para-hydroxylation sites is 2. The van der Waals surface area contributed by atoms with Gasteiger partial charge in [-0.1, -0.05) is 80.9 Å². The predicted octanol–water partition coefficient (Wildman–Crippen LogP) is 7.83. The number of pyridine rings is 1. The largest absolute Gasteiger partial charge is 0.452 e. The van der Waals surface area contributed by atoms with Gasteiger partial charge in [-0.05, 0) is 77.3 Å². The van der Waals surface area contributed by atoms with Gasteiger partial charge in [0.1, 0.15) is 0 Å². The lowest BCUT2D eigenvalue weighted by Gasteiger charge is -2.36. The summed E-state index contributed by atoms with van der Waals surface area (Å²) in [6.07, 6.45) is 3.62. The monoisotopic (exact) mass is 538 g/mol. The lowest BCUT2D eigenvalue weighted by molar-refractivity contribution is -0.119. The number of nitrogens with one attached hydrogen (secondary N) is 1. The van der Waals surface area contributed by atoms with Crippen LogP contribution in [0.5, 0.6) is 0 Å². The summed E-state index contributed by atoms with van der Waals surface area (Å²) in [6, 6.07) is 24.4. The van der Waals surface area contributed by atoms with Crippen molar-refractivity contribution in [3.63, 3.8) is 0 Å². The van der Waals surface area contributed by atoms with Crippen LogP contribution in [0.15, 0.2) is 78.9 Å². The molecule has 0 saturated heterocycles. The Morgan fingerprint density at radius 2 is 1.74 bits per heavy atom. The summed E-state index contributed by atoms with van der Waals surface area (Å²) in [5.74, 6) is -0.646. The number of hydrogen-bond acceptors (Lipinski definition) is 4. The third kappa shape index (κ3) is 6.04. The van der Waals surface area contributed by atoms with E-state index in [1.165, 1.54) is 0 Å². The lowest BCUT2D eigenvalue weighted by Crippen LogP contribution is -2.29. The van der Waals surface area contributed by atoms with Crippen molar-refractivity contribution in [2.45, 2.75) is 33.6 Å². The van der Waals surface area contributed by atoms with Gasteiger partial charge >= 0.3 is 5.97 Å². The fourth-order valence-corrected chi connectivity index (χ4v) is 5.29. The van der Waals surface area contributed by atoms with E-state index in [1.807, 2.05) is 66.7 Å². The summed E-state index contributed by atoms with van der Waals surface area (Å²) >= 11 is 6.28. The van der Waals surface area contributed by atoms with Crippen LogP contribution >= 0.6 is 11.6 Å². The molecule has 0 bridgehead atoms. The van der Waals surface area contributed by atoms with Crippen LogP contribution in [0.4, 0.5) is 5.69 Å². The maximum Gasteiger partial charge on any atom is 0.339 e. The average molecular weight is 539 g/mol. The number of anilines is 1. The Labute approximate surface area is 233 Å². The molecule has 1 N–H and O–H groups in total. The summed E-state index contributed by atoms with van der Waals surface area (Å²) in [4.78, 5) is 31.3. The molecule has 1 aliphatic carbocycles. The Bertz CT molecular complexity index is 1570. The second-order valence-corrected chi connectivity index (χ2v) is 11.5. The predicted molar refractivity (Wildman–Crippen MR) is 158 cm³/mol. The smallest absolute Gasteiger partial charge is 0.339 e. The molecule has 5 rings (SSSR count). The minimum Gasteiger partial charge on any atom is -0.452 e. The summed E-state index contributed by atoms with van der Waals surface area (Å²) in [7, 11) is 0. The Hall–Kier alpha value is -3.96. The molecule has 1 atom stereocenters. The molecule has 198 valence electrons. The molecule has 1 aromatic heterocycles. The molecule has 1 aliphatic rings. The number of rotatable bonds is 5. The van der Waals surface area contributed by atoms with E-state index >= 15 is 0 Å². The third-order valence-electron chi connectivity index (χ3n) is 7.22. The Morgan fingerprint density at radius 1 is 1.00 bits per heavy atom. The number of aromatic nitrogens is 1. The van der Waals surface area contributed by atoms with Crippen LogP contribution in [-0.2, 0) is 16.0 Å². The van der Waals surface area contributed by atoms with Gasteiger partial charge in [0.05, 0.1) is 16.8 Å². The molecular weight excluding hydrogens is 508 g/mol. The highest BCUT2D eigenvalue weighted by Crippen LogP contribution is 2.45. The maximum atomic E-state index is 13.7. The fraction of sp³-hybridized carbons (Fsp3) is 0.242. The van der Waals surface area contributed by atoms with Gasteiger partial charge in [-0.15, -0.1) is 0 Å². The molecule has 1 amide bonds. The molecule has 39 heavy (non-hydrogen) atoms. The van der Waals surface area contributed by atoms with Crippen LogP contribution < -0.4 is 5.32 Å². The van der Waals surface area contributed by atoms with E-state index in [4.69, 9.17) is 21.3 Å². The molecule has 0 aliphatic heterocycles. The van der Waals surface area contributed by atoms with E-state index < -0.39 is 11.9 Å². The number of amides is 1. The van der Waals surface area contributed by atoms with E-state index in [1.54, 1.807) is 12.1 Å². The van der Waals surface area contributed by atoms with Gasteiger partial charge in [0.25, 0.3) is 5.91 Å². The zero-order valence-corrected chi connectivity index (χ0v) is 23.1. The minimum absolute atomic E-state index is 0.00645. The van der Waals surface area contributed by atoms with E-state index in [0.29, 0.717) is 28.2 Å². The average Bonchev–Trinajstić information content (AvgIpc) is 2.90.